The van der Waals surface area contributed by atoms with E-state index in [1.807, 2.05) is 19.2 Å². The number of nitrogens with zero attached hydrogens (tertiary/aromatic N) is 3. The molecule has 1 fully saturated rings. The summed E-state index contributed by atoms with van der Waals surface area (Å²) >= 11 is 0. The van der Waals surface area contributed by atoms with Crippen LogP contribution in [0.2, 0.25) is 0 Å². The first-order valence-corrected chi connectivity index (χ1v) is 8.99. The maximum Gasteiger partial charge on any atom is 0.252 e. The van der Waals surface area contributed by atoms with Crippen molar-refractivity contribution in [3.05, 3.63) is 24.0 Å². The summed E-state index contributed by atoms with van der Waals surface area (Å²) < 4.78 is 1.69. The number of hydrogen-bond donors (Lipinski definition) is 2. The molecule has 1 unspecified atom stereocenters. The molecule has 3 N–H and O–H groups in total. The highest BCUT2D eigenvalue weighted by atomic mass is 16.2. The van der Waals surface area contributed by atoms with Crippen LogP contribution < -0.4 is 16.0 Å². The van der Waals surface area contributed by atoms with Crippen molar-refractivity contribution in [3.8, 4) is 0 Å². The predicted octanol–water partition coefficient (Wildman–Crippen LogP) is 2.79. The Hall–Kier alpha value is -2.57. The second-order valence-electron chi connectivity index (χ2n) is 8.21. The van der Waals surface area contributed by atoms with E-state index in [1.165, 1.54) is 6.20 Å². The highest BCUT2D eigenvalue weighted by Gasteiger charge is 2.30. The van der Waals surface area contributed by atoms with Gasteiger partial charge in [0.2, 0.25) is 5.91 Å². The highest BCUT2D eigenvalue weighted by molar-refractivity contribution is 6.03. The van der Waals surface area contributed by atoms with Crippen LogP contribution in [0.25, 0.3) is 5.52 Å². The zero-order valence-corrected chi connectivity index (χ0v) is 16.0. The summed E-state index contributed by atoms with van der Waals surface area (Å²) in [7, 11) is 0. The molecule has 1 aliphatic rings. The van der Waals surface area contributed by atoms with Gasteiger partial charge in [-0.05, 0) is 31.7 Å². The van der Waals surface area contributed by atoms with E-state index in [2.05, 4.69) is 38.1 Å². The van der Waals surface area contributed by atoms with E-state index in [0.717, 1.165) is 17.6 Å². The van der Waals surface area contributed by atoms with Crippen LogP contribution >= 0.6 is 0 Å². The van der Waals surface area contributed by atoms with Crippen molar-refractivity contribution < 1.29 is 9.59 Å². The van der Waals surface area contributed by atoms with Gasteiger partial charge in [0.15, 0.2) is 0 Å². The van der Waals surface area contributed by atoms with Crippen molar-refractivity contribution in [3.63, 3.8) is 0 Å². The molecule has 26 heavy (non-hydrogen) atoms. The predicted molar refractivity (Wildman–Crippen MR) is 102 cm³/mol. The van der Waals surface area contributed by atoms with Crippen LogP contribution in [0, 0.1) is 5.41 Å². The minimum atomic E-state index is -0.531. The third-order valence-electron chi connectivity index (χ3n) is 5.31. The molecule has 2 aromatic heterocycles. The average Bonchev–Trinajstić information content (AvgIpc) is 3.09. The van der Waals surface area contributed by atoms with Gasteiger partial charge in [0.1, 0.15) is 0 Å². The highest BCUT2D eigenvalue weighted by Crippen LogP contribution is 2.33. The van der Waals surface area contributed by atoms with Crippen LogP contribution in [0.1, 0.15) is 57.8 Å². The molecule has 140 valence electrons. The quantitative estimate of drug-likeness (QED) is 0.880. The zero-order chi connectivity index (χ0) is 19.2. The maximum absolute atomic E-state index is 12.2. The van der Waals surface area contributed by atoms with Crippen molar-refractivity contribution in [2.75, 3.05) is 10.2 Å². The van der Waals surface area contributed by atoms with E-state index in [0.29, 0.717) is 17.7 Å². The van der Waals surface area contributed by atoms with Crippen LogP contribution in [0.15, 0.2) is 18.5 Å². The molecule has 1 aliphatic heterocycles. The van der Waals surface area contributed by atoms with E-state index < -0.39 is 5.91 Å². The van der Waals surface area contributed by atoms with E-state index >= 15 is 0 Å². The van der Waals surface area contributed by atoms with Gasteiger partial charge in [0.25, 0.3) is 5.91 Å². The van der Waals surface area contributed by atoms with Crippen LogP contribution in [-0.2, 0) is 4.79 Å². The van der Waals surface area contributed by atoms with Gasteiger partial charge in [-0.15, -0.1) is 0 Å². The first-order valence-electron chi connectivity index (χ1n) is 8.99. The van der Waals surface area contributed by atoms with Crippen LogP contribution in [-0.4, -0.2) is 33.5 Å². The molecule has 2 amide bonds. The van der Waals surface area contributed by atoms with Crippen molar-refractivity contribution in [1.82, 2.24) is 9.61 Å². The number of fused-ring (bicyclic) bond motifs is 1. The van der Waals surface area contributed by atoms with Gasteiger partial charge < -0.3 is 16.0 Å². The normalized spacial score (nSPS) is 19.2. The number of nitrogens with two attached hydrogens (primary N) is 1. The Kier molecular flexibility index (Phi) is 4.42. The van der Waals surface area contributed by atoms with E-state index in [1.54, 1.807) is 9.42 Å². The summed E-state index contributed by atoms with van der Waals surface area (Å²) in [6.07, 6.45) is 4.70. The fraction of sp³-hybridized carbons (Fsp3) is 0.526. The van der Waals surface area contributed by atoms with Crippen LogP contribution in [0.5, 0.6) is 0 Å². The Morgan fingerprint density at radius 1 is 1.42 bits per heavy atom. The van der Waals surface area contributed by atoms with E-state index in [-0.39, 0.29) is 23.4 Å². The minimum absolute atomic E-state index is 0.00989. The lowest BCUT2D eigenvalue weighted by atomic mass is 9.88. The second kappa shape index (κ2) is 6.30. The summed E-state index contributed by atoms with van der Waals surface area (Å²) in [4.78, 5) is 26.0. The van der Waals surface area contributed by atoms with Crippen molar-refractivity contribution >= 4 is 28.7 Å². The number of amides is 2. The lowest BCUT2D eigenvalue weighted by molar-refractivity contribution is -0.117. The molecule has 7 heteroatoms. The molecule has 0 aliphatic carbocycles. The number of carbonyl (C=O) groups is 2. The first-order chi connectivity index (χ1) is 12.1. The van der Waals surface area contributed by atoms with Gasteiger partial charge in [-0.1, -0.05) is 20.8 Å². The topological polar surface area (TPSA) is 92.7 Å². The fourth-order valence-corrected chi connectivity index (χ4v) is 3.17. The third-order valence-corrected chi connectivity index (χ3v) is 5.31. The lowest BCUT2D eigenvalue weighted by Gasteiger charge is -2.29. The molecular weight excluding hydrogens is 330 g/mol. The molecule has 1 saturated heterocycles. The van der Waals surface area contributed by atoms with Gasteiger partial charge in [-0.3, -0.25) is 9.59 Å². The van der Waals surface area contributed by atoms with Gasteiger partial charge in [-0.2, -0.15) is 5.10 Å². The maximum atomic E-state index is 12.2. The molecule has 0 radical (unpaired) electrons. The third kappa shape index (κ3) is 3.13. The summed E-state index contributed by atoms with van der Waals surface area (Å²) in [6, 6.07) is 2.15. The fourth-order valence-electron chi connectivity index (χ4n) is 3.17. The SMILES string of the molecule is CC1CCC(=O)N1c1cc2c(N[C@H](C)C(C)(C)C)c(C(N)=O)cnn2c1. The molecule has 2 atom stereocenters. The largest absolute Gasteiger partial charge is 0.380 e. The standard InChI is InChI=1S/C19H27N5O2/c1-11-6-7-16(25)24(11)13-8-15-17(22-12(2)19(3,4)5)14(18(20)26)9-21-23(15)10-13/h8-12,22H,6-7H2,1-5H3,(H2,20,26)/t11?,12-/m1/s1. The number of hydrogen-bond acceptors (Lipinski definition) is 4. The number of carbonyl (C=O) groups excluding carboxylic acids is 2. The Balaban J connectivity index is 2.12. The number of anilines is 2. The second-order valence-corrected chi connectivity index (χ2v) is 8.21. The first kappa shape index (κ1) is 18.2. The Bertz CT molecular complexity index is 865. The molecule has 2 aromatic rings. The Morgan fingerprint density at radius 2 is 2.12 bits per heavy atom. The number of rotatable bonds is 4. The molecule has 7 nitrogen and oxygen atoms in total. The Morgan fingerprint density at radius 3 is 2.65 bits per heavy atom. The minimum Gasteiger partial charge on any atom is -0.380 e. The van der Waals surface area contributed by atoms with Crippen molar-refractivity contribution in [2.45, 2.75) is 59.5 Å². The molecule has 3 rings (SSSR count). The van der Waals surface area contributed by atoms with Gasteiger partial charge in [0.05, 0.1) is 34.8 Å². The smallest absolute Gasteiger partial charge is 0.252 e. The lowest BCUT2D eigenvalue weighted by Crippen LogP contribution is -2.32. The average molecular weight is 357 g/mol. The zero-order valence-electron chi connectivity index (χ0n) is 16.0. The monoisotopic (exact) mass is 357 g/mol. The van der Waals surface area contributed by atoms with Gasteiger partial charge >= 0.3 is 0 Å². The molecule has 0 saturated carbocycles. The van der Waals surface area contributed by atoms with Crippen molar-refractivity contribution in [2.24, 2.45) is 11.1 Å². The summed E-state index contributed by atoms with van der Waals surface area (Å²) in [5.74, 6) is -0.418. The molecule has 0 spiro atoms. The Labute approximate surface area is 153 Å². The van der Waals surface area contributed by atoms with E-state index in [9.17, 15) is 9.59 Å². The summed E-state index contributed by atoms with van der Waals surface area (Å²) in [6.45, 7) is 10.5. The number of primary amides is 1. The molecule has 0 bridgehead atoms. The van der Waals surface area contributed by atoms with Crippen LogP contribution in [0.4, 0.5) is 11.4 Å². The molecule has 3 heterocycles. The summed E-state index contributed by atoms with van der Waals surface area (Å²) in [5, 5.41) is 7.75. The van der Waals surface area contributed by atoms with Gasteiger partial charge in [-0.25, -0.2) is 4.52 Å². The van der Waals surface area contributed by atoms with Crippen molar-refractivity contribution in [1.29, 1.82) is 0 Å². The molecule has 0 aromatic carbocycles. The number of nitrogens with one attached hydrogen (secondary N) is 1. The molecular formula is C19H27N5O2. The van der Waals surface area contributed by atoms with Gasteiger partial charge in [0, 0.05) is 18.5 Å². The van der Waals surface area contributed by atoms with E-state index in [4.69, 9.17) is 5.73 Å². The van der Waals surface area contributed by atoms with Crippen LogP contribution in [0.3, 0.4) is 0 Å². The number of aromatic nitrogens is 2. The summed E-state index contributed by atoms with van der Waals surface area (Å²) in [5.41, 5.74) is 8.09.